The smallest absolute Gasteiger partial charge is 0.256 e. The number of nitrogens with one attached hydrogen (secondary N) is 1. The SMILES string of the molecule is CC(=O)c1nn(CC(=O)N2[C@H](C(=O)Nc3cccc(-n4ccccc4=O)n3)C[C@@]3(C)C[C@@H]23)c2c(C)cc(-c3cnc(C)nc3)cc12. The van der Waals surface area contributed by atoms with E-state index in [4.69, 9.17) is 0 Å². The maximum atomic E-state index is 14.0. The largest absolute Gasteiger partial charge is 0.325 e. The van der Waals surface area contributed by atoms with E-state index < -0.39 is 6.04 Å². The maximum absolute atomic E-state index is 14.0. The van der Waals surface area contributed by atoms with Crippen molar-refractivity contribution in [3.63, 3.8) is 0 Å². The molecule has 46 heavy (non-hydrogen) atoms. The van der Waals surface area contributed by atoms with E-state index in [2.05, 4.69) is 32.3 Å². The third-order valence-electron chi connectivity index (χ3n) is 9.05. The van der Waals surface area contributed by atoms with Gasteiger partial charge < -0.3 is 10.2 Å². The third-order valence-corrected chi connectivity index (χ3v) is 9.05. The molecule has 1 N–H and O–H groups in total. The molecule has 5 aromatic rings. The van der Waals surface area contributed by atoms with Gasteiger partial charge in [0, 0.05) is 48.6 Å². The number of aryl methyl sites for hydroxylation is 2. The molecule has 0 spiro atoms. The quantitative estimate of drug-likeness (QED) is 0.271. The minimum atomic E-state index is -0.704. The fourth-order valence-corrected chi connectivity index (χ4v) is 6.63. The highest BCUT2D eigenvalue weighted by molar-refractivity contribution is 6.07. The summed E-state index contributed by atoms with van der Waals surface area (Å²) in [5.74, 6) is 0.505. The standard InChI is InChI=1S/C34H32N8O4/c1-19-12-22(23-16-35-21(3)36-17-23)13-24-31(20(2)43)39-41(32(19)24)18-30(45)42-25(14-34(4)15-26(34)42)33(46)38-27-8-7-9-28(37-27)40-11-6-5-10-29(40)44/h5-13,16-17,25-26H,14-15,18H2,1-4H3,(H,37,38,46)/t25-,26+,34-/m0/s1. The molecular weight excluding hydrogens is 584 g/mol. The number of aromatic nitrogens is 6. The number of rotatable bonds is 7. The van der Waals surface area contributed by atoms with Crippen molar-refractivity contribution in [2.75, 3.05) is 5.32 Å². The lowest BCUT2D eigenvalue weighted by Gasteiger charge is -2.27. The summed E-state index contributed by atoms with van der Waals surface area (Å²) in [6.45, 7) is 7.15. The second-order valence-corrected chi connectivity index (χ2v) is 12.4. The molecule has 1 aromatic carbocycles. The van der Waals surface area contributed by atoms with Crippen LogP contribution in [0.3, 0.4) is 0 Å². The molecule has 1 saturated heterocycles. The number of benzene rings is 1. The van der Waals surface area contributed by atoms with E-state index in [9.17, 15) is 19.2 Å². The second kappa shape index (κ2) is 10.8. The number of carbonyl (C=O) groups is 3. The molecule has 0 radical (unpaired) electrons. The summed E-state index contributed by atoms with van der Waals surface area (Å²) >= 11 is 0. The first-order valence-electron chi connectivity index (χ1n) is 15.1. The number of amides is 2. The Bertz CT molecular complexity index is 2120. The Morgan fingerprint density at radius 3 is 2.52 bits per heavy atom. The van der Waals surface area contributed by atoms with Crippen LogP contribution in [0.4, 0.5) is 5.82 Å². The number of likely N-dealkylation sites (tertiary alicyclic amines) is 1. The lowest BCUT2D eigenvalue weighted by molar-refractivity contribution is -0.138. The zero-order valence-corrected chi connectivity index (χ0v) is 25.9. The Labute approximate surface area is 264 Å². The molecule has 232 valence electrons. The van der Waals surface area contributed by atoms with Gasteiger partial charge in [-0.2, -0.15) is 5.10 Å². The van der Waals surface area contributed by atoms with Gasteiger partial charge in [0.2, 0.25) is 11.8 Å². The van der Waals surface area contributed by atoms with E-state index >= 15 is 0 Å². The van der Waals surface area contributed by atoms with Crippen molar-refractivity contribution in [2.24, 2.45) is 5.41 Å². The summed E-state index contributed by atoms with van der Waals surface area (Å²) in [6.07, 6.45) is 6.42. The summed E-state index contributed by atoms with van der Waals surface area (Å²) in [6, 6.07) is 12.9. The maximum Gasteiger partial charge on any atom is 0.256 e. The Morgan fingerprint density at radius 2 is 1.78 bits per heavy atom. The molecule has 1 aliphatic carbocycles. The lowest BCUT2D eigenvalue weighted by Crippen LogP contribution is -2.46. The van der Waals surface area contributed by atoms with Crippen molar-refractivity contribution in [3.8, 4) is 16.9 Å². The number of piperidine rings is 1. The van der Waals surface area contributed by atoms with Gasteiger partial charge in [-0.05, 0) is 73.6 Å². The van der Waals surface area contributed by atoms with E-state index in [0.717, 1.165) is 23.1 Å². The highest BCUT2D eigenvalue weighted by Crippen LogP contribution is 2.59. The molecule has 7 rings (SSSR count). The Balaban J connectivity index is 1.17. The number of ketones is 1. The zero-order valence-electron chi connectivity index (χ0n) is 25.9. The number of hydrogen-bond donors (Lipinski definition) is 1. The van der Waals surface area contributed by atoms with Crippen LogP contribution in [0.15, 0.2) is 71.9 Å². The van der Waals surface area contributed by atoms with Crippen LogP contribution in [0.1, 0.15) is 48.6 Å². The molecule has 0 bridgehead atoms. The molecule has 5 heterocycles. The molecule has 3 atom stereocenters. The summed E-state index contributed by atoms with van der Waals surface area (Å²) in [7, 11) is 0. The topological polar surface area (TPSA) is 145 Å². The first kappa shape index (κ1) is 29.2. The predicted octanol–water partition coefficient (Wildman–Crippen LogP) is 3.88. The molecular formula is C34H32N8O4. The number of hydrogen-bond acceptors (Lipinski definition) is 8. The molecule has 2 fully saturated rings. The predicted molar refractivity (Wildman–Crippen MR) is 170 cm³/mol. The highest BCUT2D eigenvalue weighted by Gasteiger charge is 2.64. The third kappa shape index (κ3) is 5.05. The Kier molecular flexibility index (Phi) is 6.87. The van der Waals surface area contributed by atoms with Gasteiger partial charge >= 0.3 is 0 Å². The van der Waals surface area contributed by atoms with E-state index in [1.54, 1.807) is 58.5 Å². The summed E-state index contributed by atoms with van der Waals surface area (Å²) in [5, 5.41) is 8.11. The van der Waals surface area contributed by atoms with Crippen LogP contribution in [0.2, 0.25) is 0 Å². The van der Waals surface area contributed by atoms with E-state index in [1.165, 1.54) is 17.6 Å². The summed E-state index contributed by atoms with van der Waals surface area (Å²) in [4.78, 5) is 67.4. The Hall–Kier alpha value is -5.52. The first-order valence-corrected chi connectivity index (χ1v) is 15.1. The van der Waals surface area contributed by atoms with Gasteiger partial charge in [-0.3, -0.25) is 28.4 Å². The number of anilines is 1. The van der Waals surface area contributed by atoms with E-state index in [-0.39, 0.29) is 52.7 Å². The van der Waals surface area contributed by atoms with Gasteiger partial charge in [0.1, 0.15) is 35.7 Å². The van der Waals surface area contributed by atoms with Crippen LogP contribution in [-0.2, 0) is 16.1 Å². The number of pyridine rings is 2. The number of carbonyl (C=O) groups excluding carboxylic acids is 3. The van der Waals surface area contributed by atoms with Crippen LogP contribution >= 0.6 is 0 Å². The van der Waals surface area contributed by atoms with Crippen LogP contribution in [-0.4, -0.2) is 63.9 Å². The number of nitrogens with zero attached hydrogens (tertiary/aromatic N) is 7. The minimum absolute atomic E-state index is 0.0683. The molecule has 0 unspecified atom stereocenters. The second-order valence-electron chi connectivity index (χ2n) is 12.4. The highest BCUT2D eigenvalue weighted by atomic mass is 16.2. The van der Waals surface area contributed by atoms with E-state index in [1.807, 2.05) is 26.0 Å². The minimum Gasteiger partial charge on any atom is -0.325 e. The molecule has 4 aromatic heterocycles. The number of Topliss-reactive ketones (excluding diaryl/α,β-unsaturated/α-hetero) is 1. The average Bonchev–Trinajstić information content (AvgIpc) is 3.38. The molecule has 12 heteroatoms. The van der Waals surface area contributed by atoms with Gasteiger partial charge in [0.05, 0.1) is 5.52 Å². The van der Waals surface area contributed by atoms with Crippen molar-refractivity contribution < 1.29 is 14.4 Å². The van der Waals surface area contributed by atoms with Gasteiger partial charge in [-0.15, -0.1) is 0 Å². The fraction of sp³-hybridized carbons (Fsp3) is 0.294. The summed E-state index contributed by atoms with van der Waals surface area (Å²) in [5.41, 5.74) is 3.07. The van der Waals surface area contributed by atoms with Gasteiger partial charge in [-0.1, -0.05) is 19.1 Å². The van der Waals surface area contributed by atoms with Gasteiger partial charge in [0.15, 0.2) is 5.78 Å². The van der Waals surface area contributed by atoms with E-state index in [0.29, 0.717) is 29.0 Å². The van der Waals surface area contributed by atoms with Gasteiger partial charge in [0.25, 0.3) is 5.56 Å². The average molecular weight is 617 g/mol. The number of fused-ring (bicyclic) bond motifs is 2. The van der Waals surface area contributed by atoms with Crippen LogP contribution in [0, 0.1) is 19.3 Å². The first-order chi connectivity index (χ1) is 22.0. The molecule has 12 nitrogen and oxygen atoms in total. The van der Waals surface area contributed by atoms with Gasteiger partial charge in [-0.25, -0.2) is 15.0 Å². The van der Waals surface area contributed by atoms with Crippen LogP contribution in [0.25, 0.3) is 27.8 Å². The molecule has 2 amide bonds. The molecule has 2 aliphatic rings. The van der Waals surface area contributed by atoms with Crippen molar-refractivity contribution in [1.29, 1.82) is 0 Å². The summed E-state index contributed by atoms with van der Waals surface area (Å²) < 4.78 is 2.97. The molecule has 1 saturated carbocycles. The zero-order chi connectivity index (χ0) is 32.3. The lowest BCUT2D eigenvalue weighted by atomic mass is 10.0. The van der Waals surface area contributed by atoms with Crippen LogP contribution < -0.4 is 10.9 Å². The monoisotopic (exact) mass is 616 g/mol. The van der Waals surface area contributed by atoms with Crippen molar-refractivity contribution >= 4 is 34.3 Å². The van der Waals surface area contributed by atoms with Crippen molar-refractivity contribution in [1.82, 2.24) is 34.2 Å². The van der Waals surface area contributed by atoms with Crippen LogP contribution in [0.5, 0.6) is 0 Å². The normalized spacial score (nSPS) is 20.0. The fourth-order valence-electron chi connectivity index (χ4n) is 6.63. The Morgan fingerprint density at radius 1 is 1.00 bits per heavy atom. The van der Waals surface area contributed by atoms with Crippen molar-refractivity contribution in [3.05, 3.63) is 94.6 Å². The van der Waals surface area contributed by atoms with Crippen molar-refractivity contribution in [2.45, 2.75) is 59.2 Å². The molecule has 1 aliphatic heterocycles.